The molecule has 0 radical (unpaired) electrons. The number of para-hydroxylation sites is 2. The van der Waals surface area contributed by atoms with Gasteiger partial charge in [0.25, 0.3) is 0 Å². The second kappa shape index (κ2) is 6.95. The molecular formula is C16H25NO3. The molecule has 2 atom stereocenters. The van der Waals surface area contributed by atoms with Crippen molar-refractivity contribution in [3.8, 4) is 11.5 Å². The SMILES string of the molecule is CCNC1(CO)CCCC(Oc2ccccc2OC)C1. The second-order valence-corrected chi connectivity index (χ2v) is 5.46. The summed E-state index contributed by atoms with van der Waals surface area (Å²) in [6.07, 6.45) is 4.03. The highest BCUT2D eigenvalue weighted by molar-refractivity contribution is 5.39. The van der Waals surface area contributed by atoms with Crippen molar-refractivity contribution in [2.75, 3.05) is 20.3 Å². The van der Waals surface area contributed by atoms with Gasteiger partial charge in [0.2, 0.25) is 0 Å². The van der Waals surface area contributed by atoms with E-state index in [9.17, 15) is 5.11 Å². The third-order valence-corrected chi connectivity index (χ3v) is 4.02. The lowest BCUT2D eigenvalue weighted by molar-refractivity contribution is 0.0507. The molecule has 20 heavy (non-hydrogen) atoms. The molecule has 112 valence electrons. The topological polar surface area (TPSA) is 50.7 Å². The van der Waals surface area contributed by atoms with Crippen LogP contribution in [0.1, 0.15) is 32.6 Å². The number of benzene rings is 1. The Morgan fingerprint density at radius 1 is 1.35 bits per heavy atom. The summed E-state index contributed by atoms with van der Waals surface area (Å²) in [4.78, 5) is 0. The van der Waals surface area contributed by atoms with Crippen molar-refractivity contribution in [1.82, 2.24) is 5.32 Å². The standard InChI is InChI=1S/C16H25NO3/c1-3-17-16(12-18)10-6-7-13(11-16)20-15-9-5-4-8-14(15)19-2/h4-5,8-9,13,17-18H,3,6-7,10-12H2,1-2H3. The summed E-state index contributed by atoms with van der Waals surface area (Å²) in [7, 11) is 1.65. The van der Waals surface area contributed by atoms with Crippen molar-refractivity contribution in [2.45, 2.75) is 44.2 Å². The number of ether oxygens (including phenoxy) is 2. The van der Waals surface area contributed by atoms with E-state index < -0.39 is 0 Å². The smallest absolute Gasteiger partial charge is 0.161 e. The fourth-order valence-electron chi connectivity index (χ4n) is 3.04. The highest BCUT2D eigenvalue weighted by Crippen LogP contribution is 2.34. The van der Waals surface area contributed by atoms with Crippen molar-refractivity contribution in [1.29, 1.82) is 0 Å². The molecule has 2 unspecified atom stereocenters. The van der Waals surface area contributed by atoms with E-state index in [0.717, 1.165) is 43.7 Å². The van der Waals surface area contributed by atoms with Crippen LogP contribution in [0.4, 0.5) is 0 Å². The van der Waals surface area contributed by atoms with E-state index in [-0.39, 0.29) is 18.2 Å². The summed E-state index contributed by atoms with van der Waals surface area (Å²) >= 11 is 0. The molecule has 2 rings (SSSR count). The van der Waals surface area contributed by atoms with E-state index in [4.69, 9.17) is 9.47 Å². The van der Waals surface area contributed by atoms with Gasteiger partial charge in [0.1, 0.15) is 6.10 Å². The summed E-state index contributed by atoms with van der Waals surface area (Å²) < 4.78 is 11.4. The van der Waals surface area contributed by atoms with E-state index in [2.05, 4.69) is 12.2 Å². The number of nitrogens with one attached hydrogen (secondary N) is 1. The normalized spacial score (nSPS) is 26.2. The van der Waals surface area contributed by atoms with E-state index in [0.29, 0.717) is 0 Å². The van der Waals surface area contributed by atoms with Crippen LogP contribution in [0.3, 0.4) is 0 Å². The molecule has 1 aliphatic rings. The summed E-state index contributed by atoms with van der Waals surface area (Å²) in [6, 6.07) is 7.72. The largest absolute Gasteiger partial charge is 0.493 e. The van der Waals surface area contributed by atoms with Gasteiger partial charge in [0, 0.05) is 12.0 Å². The Labute approximate surface area is 121 Å². The molecule has 1 saturated carbocycles. The number of likely N-dealkylation sites (N-methyl/N-ethyl adjacent to an activating group) is 1. The van der Waals surface area contributed by atoms with Gasteiger partial charge in [-0.1, -0.05) is 19.1 Å². The van der Waals surface area contributed by atoms with E-state index in [1.165, 1.54) is 0 Å². The van der Waals surface area contributed by atoms with Gasteiger partial charge >= 0.3 is 0 Å². The van der Waals surface area contributed by atoms with E-state index in [1.807, 2.05) is 24.3 Å². The van der Waals surface area contributed by atoms with Gasteiger partial charge in [-0.25, -0.2) is 0 Å². The molecular weight excluding hydrogens is 254 g/mol. The zero-order valence-electron chi connectivity index (χ0n) is 12.4. The lowest BCUT2D eigenvalue weighted by Gasteiger charge is -2.40. The monoisotopic (exact) mass is 279 g/mol. The molecule has 2 N–H and O–H groups in total. The Balaban J connectivity index is 2.05. The summed E-state index contributed by atoms with van der Waals surface area (Å²) in [5.41, 5.74) is -0.195. The summed E-state index contributed by atoms with van der Waals surface area (Å²) in [5.74, 6) is 1.54. The Hall–Kier alpha value is -1.26. The maximum Gasteiger partial charge on any atom is 0.161 e. The van der Waals surface area contributed by atoms with Gasteiger partial charge in [-0.15, -0.1) is 0 Å². The summed E-state index contributed by atoms with van der Waals surface area (Å²) in [5, 5.41) is 13.1. The van der Waals surface area contributed by atoms with Crippen molar-refractivity contribution < 1.29 is 14.6 Å². The van der Waals surface area contributed by atoms with Crippen LogP contribution in [-0.2, 0) is 0 Å². The molecule has 4 heteroatoms. The third-order valence-electron chi connectivity index (χ3n) is 4.02. The van der Waals surface area contributed by atoms with Gasteiger partial charge in [-0.05, 0) is 37.9 Å². The number of hydrogen-bond acceptors (Lipinski definition) is 4. The summed E-state index contributed by atoms with van der Waals surface area (Å²) in [6.45, 7) is 3.09. The Bertz CT molecular complexity index is 420. The minimum atomic E-state index is -0.195. The molecule has 0 heterocycles. The highest BCUT2D eigenvalue weighted by Gasteiger charge is 2.36. The van der Waals surface area contributed by atoms with E-state index >= 15 is 0 Å². The second-order valence-electron chi connectivity index (χ2n) is 5.46. The molecule has 1 aliphatic carbocycles. The van der Waals surface area contributed by atoms with Crippen LogP contribution < -0.4 is 14.8 Å². The van der Waals surface area contributed by atoms with Gasteiger partial charge < -0.3 is 19.9 Å². The first kappa shape index (κ1) is 15.1. The Kier molecular flexibility index (Phi) is 5.26. The average Bonchev–Trinajstić information content (AvgIpc) is 2.48. The molecule has 0 aliphatic heterocycles. The van der Waals surface area contributed by atoms with Crippen LogP contribution in [0.2, 0.25) is 0 Å². The quantitative estimate of drug-likeness (QED) is 0.839. The van der Waals surface area contributed by atoms with Gasteiger partial charge in [-0.3, -0.25) is 0 Å². The fourth-order valence-corrected chi connectivity index (χ4v) is 3.04. The number of methoxy groups -OCH3 is 1. The number of rotatable bonds is 6. The predicted molar refractivity (Wildman–Crippen MR) is 79.4 cm³/mol. The number of aliphatic hydroxyl groups is 1. The third kappa shape index (κ3) is 3.44. The Morgan fingerprint density at radius 2 is 2.10 bits per heavy atom. The molecule has 1 fully saturated rings. The minimum Gasteiger partial charge on any atom is -0.493 e. The Morgan fingerprint density at radius 3 is 2.75 bits per heavy atom. The van der Waals surface area contributed by atoms with Crippen molar-refractivity contribution in [3.63, 3.8) is 0 Å². The van der Waals surface area contributed by atoms with Gasteiger partial charge in [0.15, 0.2) is 11.5 Å². The molecule has 0 aromatic heterocycles. The van der Waals surface area contributed by atoms with Crippen LogP contribution in [0.25, 0.3) is 0 Å². The predicted octanol–water partition coefficient (Wildman–Crippen LogP) is 2.36. The zero-order valence-corrected chi connectivity index (χ0v) is 12.4. The fraction of sp³-hybridized carbons (Fsp3) is 0.625. The van der Waals surface area contributed by atoms with Gasteiger partial charge in [-0.2, -0.15) is 0 Å². The first-order valence-corrected chi connectivity index (χ1v) is 7.38. The van der Waals surface area contributed by atoms with Crippen LogP contribution in [-0.4, -0.2) is 37.0 Å². The first-order valence-electron chi connectivity index (χ1n) is 7.38. The van der Waals surface area contributed by atoms with Crippen LogP contribution >= 0.6 is 0 Å². The molecule has 0 saturated heterocycles. The molecule has 1 aromatic rings. The van der Waals surface area contributed by atoms with Crippen molar-refractivity contribution in [3.05, 3.63) is 24.3 Å². The number of hydrogen-bond donors (Lipinski definition) is 2. The molecule has 0 spiro atoms. The maximum atomic E-state index is 9.71. The molecule has 0 amide bonds. The molecule has 0 bridgehead atoms. The highest BCUT2D eigenvalue weighted by atomic mass is 16.5. The molecule has 1 aromatic carbocycles. The van der Waals surface area contributed by atoms with Crippen LogP contribution in [0, 0.1) is 0 Å². The minimum absolute atomic E-state index is 0.117. The van der Waals surface area contributed by atoms with E-state index in [1.54, 1.807) is 7.11 Å². The lowest BCUT2D eigenvalue weighted by atomic mass is 9.80. The van der Waals surface area contributed by atoms with Crippen LogP contribution in [0.15, 0.2) is 24.3 Å². The first-order chi connectivity index (χ1) is 9.73. The molecule has 4 nitrogen and oxygen atoms in total. The maximum absolute atomic E-state index is 9.71. The van der Waals surface area contributed by atoms with Crippen molar-refractivity contribution >= 4 is 0 Å². The van der Waals surface area contributed by atoms with Gasteiger partial charge in [0.05, 0.1) is 13.7 Å². The van der Waals surface area contributed by atoms with Crippen LogP contribution in [0.5, 0.6) is 11.5 Å². The number of aliphatic hydroxyl groups excluding tert-OH is 1. The lowest BCUT2D eigenvalue weighted by Crippen LogP contribution is -2.53. The zero-order chi connectivity index (χ0) is 14.4. The average molecular weight is 279 g/mol. The van der Waals surface area contributed by atoms with Crippen molar-refractivity contribution in [2.24, 2.45) is 0 Å².